The second kappa shape index (κ2) is 36.3. The summed E-state index contributed by atoms with van der Waals surface area (Å²) < 4.78 is 0. The molecule has 0 amide bonds. The molecule has 592 valence electrons. The van der Waals surface area contributed by atoms with Crippen LogP contribution in [0.5, 0.6) is 0 Å². The molecule has 2 heterocycles. The van der Waals surface area contributed by atoms with Crippen molar-refractivity contribution >= 4 is 0 Å². The minimum absolute atomic E-state index is 0.660. The number of rotatable bonds is 19. The lowest BCUT2D eigenvalue weighted by atomic mass is 9.88. The fraction of sp³-hybridized carbons (Fsp3) is 0. The molecule has 2 aromatic heterocycles. The first kappa shape index (κ1) is 77.9. The van der Waals surface area contributed by atoms with Gasteiger partial charge < -0.3 is 0 Å². The smallest absolute Gasteiger partial charge is 0.160 e. The quantitative estimate of drug-likeness (QED) is 0.0810. The summed E-state index contributed by atoms with van der Waals surface area (Å²) in [5, 5.41) is 0. The van der Waals surface area contributed by atoms with Crippen molar-refractivity contribution in [1.29, 1.82) is 0 Å². The fourth-order valence-electron chi connectivity index (χ4n) is 17.0. The fourth-order valence-corrected chi connectivity index (χ4v) is 17.0. The van der Waals surface area contributed by atoms with Gasteiger partial charge in [-0.1, -0.05) is 431 Å². The first-order valence-electron chi connectivity index (χ1n) is 42.9. The molecule has 0 aliphatic heterocycles. The zero-order chi connectivity index (χ0) is 84.2. The third-order valence-corrected chi connectivity index (χ3v) is 23.4. The lowest BCUT2D eigenvalue weighted by Crippen LogP contribution is -1.97. The zero-order valence-electron chi connectivity index (χ0n) is 69.3. The second-order valence-electron chi connectivity index (χ2n) is 31.5. The van der Waals surface area contributed by atoms with Crippen molar-refractivity contribution < 1.29 is 0 Å². The molecule has 21 aromatic rings. The summed E-state index contributed by atoms with van der Waals surface area (Å²) >= 11 is 0. The van der Waals surface area contributed by atoms with Gasteiger partial charge in [0.1, 0.15) is 0 Å². The molecule has 0 saturated carbocycles. The topological polar surface area (TPSA) is 51.6 Å². The Morgan fingerprint density at radius 3 is 0.492 bits per heavy atom. The Labute approximate surface area is 736 Å². The van der Waals surface area contributed by atoms with Gasteiger partial charge in [0.05, 0.1) is 22.8 Å². The minimum Gasteiger partial charge on any atom is -0.228 e. The maximum Gasteiger partial charge on any atom is 0.160 e. The highest BCUT2D eigenvalue weighted by Crippen LogP contribution is 2.46. The maximum absolute atomic E-state index is 5.43. The molecule has 0 N–H and O–H groups in total. The van der Waals surface area contributed by atoms with E-state index in [9.17, 15) is 0 Å². The molecule has 0 bridgehead atoms. The lowest BCUT2D eigenvalue weighted by molar-refractivity contribution is 1.18. The summed E-state index contributed by atoms with van der Waals surface area (Å²) in [5.74, 6) is 1.33. The van der Waals surface area contributed by atoms with Crippen LogP contribution in [0.25, 0.3) is 212 Å². The van der Waals surface area contributed by atoms with Crippen molar-refractivity contribution in [3.05, 3.63) is 510 Å². The van der Waals surface area contributed by atoms with E-state index in [0.29, 0.717) is 11.6 Å². The van der Waals surface area contributed by atoms with Gasteiger partial charge in [-0.2, -0.15) is 0 Å². The molecule has 0 aliphatic rings. The van der Waals surface area contributed by atoms with Gasteiger partial charge in [-0.15, -0.1) is 0 Å². The standard InChI is InChI=1S/C64H44N2.C58H40N2/c1-7-20-45(21-8-1)51-32-19-33-54(38-51)63-44-62(50-30-17-6-18-31-50)65-64(66-63)57-40-55(52-34-36-58(46-22-9-2-10-23-46)60(42-52)48-26-13-4-14-27-48)39-56(41-57)53-35-37-59(47-24-11-3-12-25-47)61(43-53)49-28-15-5-16-29-49;1-7-19-41(20-8-1)52-33-31-47(38-54(52)43-23-11-3-12-24-43)49-35-50(48-32-34-53(42-21-9-2-10-22-42)55(39-48)44-25-13-4-14-26-44)37-51(36-49)58-59-56(45-27-15-5-16-28-45)40-57(60-58)46-29-17-6-18-30-46/h1-44H;1-40H. The van der Waals surface area contributed by atoms with E-state index in [2.05, 4.69) is 491 Å². The van der Waals surface area contributed by atoms with E-state index in [-0.39, 0.29) is 0 Å². The number of aromatic nitrogens is 4. The van der Waals surface area contributed by atoms with Crippen molar-refractivity contribution in [2.75, 3.05) is 0 Å². The summed E-state index contributed by atoms with van der Waals surface area (Å²) in [6.07, 6.45) is 0. The average molecular weight is 1610 g/mol. The van der Waals surface area contributed by atoms with Crippen molar-refractivity contribution in [1.82, 2.24) is 19.9 Å². The van der Waals surface area contributed by atoms with E-state index >= 15 is 0 Å². The molecule has 4 heteroatoms. The minimum atomic E-state index is 0.660. The van der Waals surface area contributed by atoms with Gasteiger partial charge in [-0.3, -0.25) is 0 Å². The van der Waals surface area contributed by atoms with Gasteiger partial charge in [-0.25, -0.2) is 19.9 Å². The van der Waals surface area contributed by atoms with Gasteiger partial charge in [-0.05, 0) is 224 Å². The monoisotopic (exact) mass is 1600 g/mol. The van der Waals surface area contributed by atoms with Crippen molar-refractivity contribution in [3.8, 4) is 212 Å². The Hall–Kier alpha value is -16.7. The third kappa shape index (κ3) is 17.2. The van der Waals surface area contributed by atoms with Crippen LogP contribution in [0.1, 0.15) is 0 Å². The van der Waals surface area contributed by atoms with Crippen LogP contribution in [0.3, 0.4) is 0 Å². The highest BCUT2D eigenvalue weighted by Gasteiger charge is 2.22. The molecule has 19 aromatic carbocycles. The molecule has 4 nitrogen and oxygen atoms in total. The maximum atomic E-state index is 5.43. The highest BCUT2D eigenvalue weighted by molar-refractivity contribution is 5.95. The molecule has 0 radical (unpaired) electrons. The Bertz CT molecular complexity index is 7000. The molecule has 0 spiro atoms. The molecule has 0 fully saturated rings. The predicted molar refractivity (Wildman–Crippen MR) is 527 cm³/mol. The van der Waals surface area contributed by atoms with Crippen LogP contribution in [0.15, 0.2) is 510 Å². The number of hydrogen-bond donors (Lipinski definition) is 0. The summed E-state index contributed by atoms with van der Waals surface area (Å²) in [5.41, 5.74) is 39.5. The molecule has 0 saturated heterocycles. The van der Waals surface area contributed by atoms with Crippen molar-refractivity contribution in [2.24, 2.45) is 0 Å². The summed E-state index contributed by atoms with van der Waals surface area (Å²) in [6, 6.07) is 181. The number of hydrogen-bond acceptors (Lipinski definition) is 4. The molecule has 0 aliphatic carbocycles. The van der Waals surface area contributed by atoms with E-state index in [1.807, 2.05) is 18.2 Å². The van der Waals surface area contributed by atoms with Crippen LogP contribution in [0.2, 0.25) is 0 Å². The molecule has 0 unspecified atom stereocenters. The zero-order valence-corrected chi connectivity index (χ0v) is 69.3. The third-order valence-electron chi connectivity index (χ3n) is 23.4. The van der Waals surface area contributed by atoms with Gasteiger partial charge in [0, 0.05) is 33.4 Å². The van der Waals surface area contributed by atoms with Crippen LogP contribution in [0.4, 0.5) is 0 Å². The Morgan fingerprint density at radius 2 is 0.254 bits per heavy atom. The van der Waals surface area contributed by atoms with E-state index < -0.39 is 0 Å². The van der Waals surface area contributed by atoms with Crippen LogP contribution in [-0.2, 0) is 0 Å². The summed E-state index contributed by atoms with van der Waals surface area (Å²) in [7, 11) is 0. The normalized spacial score (nSPS) is 11.0. The Balaban J connectivity index is 0.000000160. The molecule has 126 heavy (non-hydrogen) atoms. The van der Waals surface area contributed by atoms with E-state index in [0.717, 1.165) is 112 Å². The van der Waals surface area contributed by atoms with Gasteiger partial charge in [0.2, 0.25) is 0 Å². The summed E-state index contributed by atoms with van der Waals surface area (Å²) in [4.78, 5) is 21.4. The molecule has 0 atom stereocenters. The lowest BCUT2D eigenvalue weighted by Gasteiger charge is -2.17. The Kier molecular flexibility index (Phi) is 22.5. The van der Waals surface area contributed by atoms with Gasteiger partial charge >= 0.3 is 0 Å². The van der Waals surface area contributed by atoms with Gasteiger partial charge in [0.15, 0.2) is 11.6 Å². The van der Waals surface area contributed by atoms with E-state index in [4.69, 9.17) is 19.9 Å². The highest BCUT2D eigenvalue weighted by atomic mass is 14.9. The van der Waals surface area contributed by atoms with Crippen LogP contribution < -0.4 is 0 Å². The second-order valence-corrected chi connectivity index (χ2v) is 31.5. The predicted octanol–water partition coefficient (Wildman–Crippen LogP) is 32.6. The molecule has 21 rings (SSSR count). The van der Waals surface area contributed by atoms with E-state index in [1.165, 1.54) is 89.0 Å². The number of benzene rings is 19. The number of nitrogens with zero attached hydrogens (tertiary/aromatic N) is 4. The molecular weight excluding hydrogens is 1520 g/mol. The summed E-state index contributed by atoms with van der Waals surface area (Å²) in [6.45, 7) is 0. The van der Waals surface area contributed by atoms with Crippen LogP contribution >= 0.6 is 0 Å². The first-order chi connectivity index (χ1) is 62.4. The van der Waals surface area contributed by atoms with Crippen molar-refractivity contribution in [2.45, 2.75) is 0 Å². The first-order valence-corrected chi connectivity index (χ1v) is 42.9. The van der Waals surface area contributed by atoms with Crippen molar-refractivity contribution in [3.63, 3.8) is 0 Å². The van der Waals surface area contributed by atoms with Gasteiger partial charge in [0.25, 0.3) is 0 Å². The van der Waals surface area contributed by atoms with E-state index in [1.54, 1.807) is 0 Å². The largest absolute Gasteiger partial charge is 0.228 e. The van der Waals surface area contributed by atoms with Crippen LogP contribution in [-0.4, -0.2) is 19.9 Å². The molecular formula is C122H84N4. The SMILES string of the molecule is c1ccc(-c2cc(-c3ccccc3)nc(-c3cc(-c4ccc(-c5ccccc5)c(-c5ccccc5)c4)cc(-c4ccc(-c5ccccc5)c(-c5ccccc5)c4)c3)n2)cc1.c1ccc(-c2cccc(-c3cc(-c4ccccc4)nc(-c4cc(-c5ccc(-c6ccccc6)c(-c6ccccc6)c5)cc(-c5ccc(-c6ccccc6)c(-c6ccccc6)c5)c4)n3)c2)cc1. The van der Waals surface area contributed by atoms with Crippen LogP contribution in [0, 0.1) is 0 Å². The Morgan fingerprint density at radius 1 is 0.0873 bits per heavy atom. The average Bonchev–Trinajstić information content (AvgIpc) is 0.770.